The van der Waals surface area contributed by atoms with Gasteiger partial charge in [0, 0.05) is 18.2 Å². The zero-order chi connectivity index (χ0) is 19.4. The number of amides is 1. The molecule has 1 aliphatic heterocycles. The number of hydrogen-bond acceptors (Lipinski definition) is 4. The zero-order valence-electron chi connectivity index (χ0n) is 16.5. The summed E-state index contributed by atoms with van der Waals surface area (Å²) in [7, 11) is 3.27. The number of benzene rings is 2. The molecule has 1 heterocycles. The van der Waals surface area contributed by atoms with Gasteiger partial charge in [-0.1, -0.05) is 6.07 Å². The fraction of sp³-hybridized carbons (Fsp3) is 0.409. The van der Waals surface area contributed by atoms with E-state index in [1.807, 2.05) is 49.1 Å². The highest BCUT2D eigenvalue weighted by Crippen LogP contribution is 2.38. The summed E-state index contributed by atoms with van der Waals surface area (Å²) < 4.78 is 16.6. The minimum atomic E-state index is -0.00506. The molecule has 5 nitrogen and oxygen atoms in total. The molecule has 27 heavy (non-hydrogen) atoms. The first-order valence-electron chi connectivity index (χ1n) is 9.24. The number of carbonyl (C=O) groups excluding carboxylic acids is 1. The molecule has 144 valence electrons. The van der Waals surface area contributed by atoms with Crippen LogP contribution in [0.25, 0.3) is 0 Å². The SMILES string of the molecule is COc1ccc(C2CCCN2C(=O)COc2cc(C)cc(C)c2)c(OC)c1. The van der Waals surface area contributed by atoms with Crippen molar-refractivity contribution in [3.63, 3.8) is 0 Å². The van der Waals surface area contributed by atoms with E-state index in [1.165, 1.54) is 0 Å². The summed E-state index contributed by atoms with van der Waals surface area (Å²) in [5, 5.41) is 0. The molecule has 1 atom stereocenters. The number of rotatable bonds is 6. The number of aryl methyl sites for hydroxylation is 2. The largest absolute Gasteiger partial charge is 0.497 e. The van der Waals surface area contributed by atoms with Crippen molar-refractivity contribution in [3.05, 3.63) is 53.1 Å². The van der Waals surface area contributed by atoms with Gasteiger partial charge in [-0.2, -0.15) is 0 Å². The Hall–Kier alpha value is -2.69. The molecule has 0 bridgehead atoms. The van der Waals surface area contributed by atoms with Gasteiger partial charge >= 0.3 is 0 Å². The Morgan fingerprint density at radius 3 is 2.44 bits per heavy atom. The highest BCUT2D eigenvalue weighted by Gasteiger charge is 2.32. The summed E-state index contributed by atoms with van der Waals surface area (Å²) in [4.78, 5) is 14.7. The first-order chi connectivity index (χ1) is 13.0. The number of ether oxygens (including phenoxy) is 3. The molecule has 0 N–H and O–H groups in total. The normalized spacial score (nSPS) is 16.3. The molecular formula is C22H27NO4. The van der Waals surface area contributed by atoms with E-state index >= 15 is 0 Å². The Morgan fingerprint density at radius 2 is 1.78 bits per heavy atom. The maximum Gasteiger partial charge on any atom is 0.261 e. The lowest BCUT2D eigenvalue weighted by Gasteiger charge is -2.26. The first-order valence-corrected chi connectivity index (χ1v) is 9.24. The molecule has 1 amide bonds. The Labute approximate surface area is 160 Å². The number of methoxy groups -OCH3 is 2. The van der Waals surface area contributed by atoms with Crippen LogP contribution in [0.5, 0.6) is 17.2 Å². The van der Waals surface area contributed by atoms with Crippen LogP contribution in [0.2, 0.25) is 0 Å². The summed E-state index contributed by atoms with van der Waals surface area (Å²) >= 11 is 0. The quantitative estimate of drug-likeness (QED) is 0.770. The van der Waals surface area contributed by atoms with Gasteiger partial charge in [0.1, 0.15) is 17.2 Å². The fourth-order valence-corrected chi connectivity index (χ4v) is 3.73. The maximum atomic E-state index is 12.8. The van der Waals surface area contributed by atoms with Gasteiger partial charge < -0.3 is 19.1 Å². The fourth-order valence-electron chi connectivity index (χ4n) is 3.73. The molecule has 5 heteroatoms. The van der Waals surface area contributed by atoms with Gasteiger partial charge in [-0.15, -0.1) is 0 Å². The number of hydrogen-bond donors (Lipinski definition) is 0. The lowest BCUT2D eigenvalue weighted by atomic mass is 10.0. The van der Waals surface area contributed by atoms with E-state index in [4.69, 9.17) is 14.2 Å². The van der Waals surface area contributed by atoms with Gasteiger partial charge in [0.2, 0.25) is 0 Å². The van der Waals surface area contributed by atoms with Crippen molar-refractivity contribution < 1.29 is 19.0 Å². The van der Waals surface area contributed by atoms with Gasteiger partial charge in [-0.3, -0.25) is 4.79 Å². The summed E-state index contributed by atoms with van der Waals surface area (Å²) in [5.74, 6) is 2.21. The summed E-state index contributed by atoms with van der Waals surface area (Å²) in [6.07, 6.45) is 1.88. The van der Waals surface area contributed by atoms with Crippen LogP contribution in [0.3, 0.4) is 0 Å². The van der Waals surface area contributed by atoms with Crippen molar-refractivity contribution in [2.45, 2.75) is 32.7 Å². The van der Waals surface area contributed by atoms with Gasteiger partial charge in [0.25, 0.3) is 5.91 Å². The van der Waals surface area contributed by atoms with Crippen LogP contribution < -0.4 is 14.2 Å². The molecule has 3 rings (SSSR count). The molecule has 1 fully saturated rings. The molecule has 1 aliphatic rings. The van der Waals surface area contributed by atoms with Crippen molar-refractivity contribution >= 4 is 5.91 Å². The predicted molar refractivity (Wildman–Crippen MR) is 105 cm³/mol. The smallest absolute Gasteiger partial charge is 0.261 e. The molecule has 0 aromatic heterocycles. The van der Waals surface area contributed by atoms with E-state index < -0.39 is 0 Å². The Morgan fingerprint density at radius 1 is 1.04 bits per heavy atom. The van der Waals surface area contributed by atoms with Crippen LogP contribution in [0.1, 0.15) is 35.6 Å². The van der Waals surface area contributed by atoms with Gasteiger partial charge in [0.05, 0.1) is 20.3 Å². The number of likely N-dealkylation sites (tertiary alicyclic amines) is 1. The van der Waals surface area contributed by atoms with Crippen molar-refractivity contribution in [3.8, 4) is 17.2 Å². The van der Waals surface area contributed by atoms with E-state index in [1.54, 1.807) is 14.2 Å². The molecule has 0 saturated carbocycles. The van der Waals surface area contributed by atoms with E-state index in [9.17, 15) is 4.79 Å². The summed E-state index contributed by atoms with van der Waals surface area (Å²) in [5.41, 5.74) is 3.26. The molecule has 2 aromatic rings. The van der Waals surface area contributed by atoms with Crippen LogP contribution in [0.15, 0.2) is 36.4 Å². The second-order valence-electron chi connectivity index (χ2n) is 6.97. The second-order valence-corrected chi connectivity index (χ2v) is 6.97. The third-order valence-electron chi connectivity index (χ3n) is 4.93. The van der Waals surface area contributed by atoms with E-state index in [2.05, 4.69) is 6.07 Å². The third kappa shape index (κ3) is 4.35. The lowest BCUT2D eigenvalue weighted by molar-refractivity contribution is -0.134. The third-order valence-corrected chi connectivity index (χ3v) is 4.93. The topological polar surface area (TPSA) is 48.0 Å². The van der Waals surface area contributed by atoms with Crippen LogP contribution in [-0.2, 0) is 4.79 Å². The Bertz CT molecular complexity index is 798. The molecule has 0 spiro atoms. The Balaban J connectivity index is 1.73. The Kier molecular flexibility index (Phi) is 5.89. The molecule has 1 saturated heterocycles. The molecule has 2 aromatic carbocycles. The van der Waals surface area contributed by atoms with Crippen molar-refractivity contribution in [2.24, 2.45) is 0 Å². The number of carbonyl (C=O) groups is 1. The summed E-state index contributed by atoms with van der Waals surface area (Å²) in [6, 6.07) is 11.7. The summed E-state index contributed by atoms with van der Waals surface area (Å²) in [6.45, 7) is 4.81. The van der Waals surface area contributed by atoms with E-state index in [0.29, 0.717) is 0 Å². The monoisotopic (exact) mass is 369 g/mol. The van der Waals surface area contributed by atoms with Gasteiger partial charge in [-0.05, 0) is 62.1 Å². The van der Waals surface area contributed by atoms with Crippen LogP contribution in [0, 0.1) is 13.8 Å². The van der Waals surface area contributed by atoms with Crippen molar-refractivity contribution in [1.29, 1.82) is 0 Å². The van der Waals surface area contributed by atoms with Crippen LogP contribution in [-0.4, -0.2) is 38.2 Å². The molecule has 0 radical (unpaired) electrons. The highest BCUT2D eigenvalue weighted by molar-refractivity contribution is 5.78. The molecule has 1 unspecified atom stereocenters. The highest BCUT2D eigenvalue weighted by atomic mass is 16.5. The average Bonchev–Trinajstić information content (AvgIpc) is 3.14. The maximum absolute atomic E-state index is 12.8. The standard InChI is InChI=1S/C22H27NO4/c1-15-10-16(2)12-18(11-15)27-14-22(24)23-9-5-6-20(23)19-8-7-17(25-3)13-21(19)26-4/h7-8,10-13,20H,5-6,9,14H2,1-4H3. The number of nitrogens with zero attached hydrogens (tertiary/aromatic N) is 1. The van der Waals surface area contributed by atoms with Crippen LogP contribution in [0.4, 0.5) is 0 Å². The van der Waals surface area contributed by atoms with Crippen molar-refractivity contribution in [1.82, 2.24) is 4.90 Å². The lowest BCUT2D eigenvalue weighted by Crippen LogP contribution is -2.34. The van der Waals surface area contributed by atoms with Gasteiger partial charge in [-0.25, -0.2) is 0 Å². The average molecular weight is 369 g/mol. The second kappa shape index (κ2) is 8.33. The minimum absolute atomic E-state index is 0.00111. The minimum Gasteiger partial charge on any atom is -0.497 e. The van der Waals surface area contributed by atoms with Gasteiger partial charge in [0.15, 0.2) is 6.61 Å². The van der Waals surface area contributed by atoms with Crippen LogP contribution >= 0.6 is 0 Å². The molecule has 0 aliphatic carbocycles. The van der Waals surface area contributed by atoms with E-state index in [0.717, 1.165) is 53.3 Å². The van der Waals surface area contributed by atoms with Crippen molar-refractivity contribution in [2.75, 3.05) is 27.4 Å². The van der Waals surface area contributed by atoms with E-state index in [-0.39, 0.29) is 18.6 Å². The molecular weight excluding hydrogens is 342 g/mol. The predicted octanol–water partition coefficient (Wildman–Crippen LogP) is 4.06. The first kappa shape index (κ1) is 19.1. The zero-order valence-corrected chi connectivity index (χ0v) is 16.5.